The van der Waals surface area contributed by atoms with E-state index in [-0.39, 0.29) is 127 Å². The molecule has 0 bridgehead atoms. The van der Waals surface area contributed by atoms with E-state index in [1.54, 1.807) is 91.0 Å². The predicted molar refractivity (Wildman–Crippen MR) is 331 cm³/mol. The molecule has 0 atom stereocenters. The SMILES string of the molecule is C.C.C.C.C.C.C.C.C.C.C.CC(=O)Oc1ccc(C(=O)C(=O)c2cccc(C(=O)Oc3ccc(NC(=O)c4ccc5cc(O)ccc5c4)cc3)c2)cc1.Cc1ccc2cc(OC(=O)c3ccc4cc(O)ccc4c3)ccc2c1. The van der Waals surface area contributed by atoms with Crippen LogP contribution in [-0.4, -0.2) is 45.6 Å². The number of ketones is 2. The van der Waals surface area contributed by atoms with Gasteiger partial charge < -0.3 is 29.7 Å². The van der Waals surface area contributed by atoms with Crippen molar-refractivity contribution in [3.8, 4) is 28.7 Å². The maximum Gasteiger partial charge on any atom is 0.343 e. The second-order valence-corrected chi connectivity index (χ2v) is 15.6. The monoisotopic (exact) mass is 1080 g/mol. The summed E-state index contributed by atoms with van der Waals surface area (Å²) in [5, 5.41) is 27.4. The van der Waals surface area contributed by atoms with E-state index in [4.69, 9.17) is 14.2 Å². The Balaban J connectivity index is -0.000000684. The third kappa shape index (κ3) is 19.0. The van der Waals surface area contributed by atoms with Crippen molar-refractivity contribution in [1.82, 2.24) is 0 Å². The number of phenols is 2. The van der Waals surface area contributed by atoms with Gasteiger partial charge in [-0.15, -0.1) is 0 Å². The molecule has 12 nitrogen and oxygen atoms in total. The van der Waals surface area contributed by atoms with Crippen LogP contribution in [0.25, 0.3) is 32.3 Å². The lowest BCUT2D eigenvalue weighted by Crippen LogP contribution is -2.16. The topological polar surface area (TPSA) is 183 Å². The number of fused-ring (bicyclic) bond motifs is 3. The van der Waals surface area contributed by atoms with E-state index < -0.39 is 29.5 Å². The average Bonchev–Trinajstić information content (AvgIpc) is 3.34. The first kappa shape index (κ1) is 76.1. The molecule has 0 unspecified atom stereocenters. The number of anilines is 1. The largest absolute Gasteiger partial charge is 0.508 e. The lowest BCUT2D eigenvalue weighted by molar-refractivity contribution is -0.131. The quantitative estimate of drug-likeness (QED) is 0.0513. The molecule has 0 saturated carbocycles. The van der Waals surface area contributed by atoms with Crippen LogP contribution in [0.4, 0.5) is 5.69 Å². The van der Waals surface area contributed by atoms with Crippen LogP contribution in [0.5, 0.6) is 28.7 Å². The number of ether oxygens (including phenoxy) is 3. The molecule has 0 aliphatic rings. The summed E-state index contributed by atoms with van der Waals surface area (Å²) in [6.45, 7) is 3.30. The highest BCUT2D eigenvalue weighted by molar-refractivity contribution is 6.49. The number of Topliss-reactive ketones (excluding diaryl/α,β-unsaturated/α-hetero) is 2. The second-order valence-electron chi connectivity index (χ2n) is 15.6. The van der Waals surface area contributed by atoms with Gasteiger partial charge in [0.15, 0.2) is 0 Å². The van der Waals surface area contributed by atoms with Crippen LogP contribution >= 0.6 is 0 Å². The van der Waals surface area contributed by atoms with E-state index in [9.17, 15) is 39.0 Å². The number of esters is 3. The number of amides is 1. The highest BCUT2D eigenvalue weighted by atomic mass is 16.5. The van der Waals surface area contributed by atoms with Crippen LogP contribution in [-0.2, 0) is 4.79 Å². The van der Waals surface area contributed by atoms with Gasteiger partial charge in [0.05, 0.1) is 11.1 Å². The molecule has 0 aliphatic heterocycles. The Labute approximate surface area is 469 Å². The number of phenolic OH excluding ortho intramolecular Hbond substituents is 2. The molecule has 9 aromatic rings. The third-order valence-electron chi connectivity index (χ3n) is 10.6. The van der Waals surface area contributed by atoms with E-state index in [1.807, 2.05) is 31.2 Å². The molecule has 9 aromatic carbocycles. The van der Waals surface area contributed by atoms with Crippen molar-refractivity contribution in [3.63, 3.8) is 0 Å². The van der Waals surface area contributed by atoms with E-state index >= 15 is 0 Å². The van der Waals surface area contributed by atoms with Gasteiger partial charge in [-0.05, 0) is 161 Å². The summed E-state index contributed by atoms with van der Waals surface area (Å²) in [4.78, 5) is 74.6. The van der Waals surface area contributed by atoms with Crippen LogP contribution in [0.15, 0.2) is 182 Å². The average molecular weight is 1080 g/mol. The number of benzene rings is 9. The lowest BCUT2D eigenvalue weighted by atomic mass is 10.00. The van der Waals surface area contributed by atoms with Crippen LogP contribution in [0.3, 0.4) is 0 Å². The summed E-state index contributed by atoms with van der Waals surface area (Å²) in [6, 6.07) is 49.4. The molecule has 0 spiro atoms. The lowest BCUT2D eigenvalue weighted by Gasteiger charge is -2.09. The zero-order valence-corrected chi connectivity index (χ0v) is 36.4. The number of hydrogen-bond acceptors (Lipinski definition) is 11. The smallest absolute Gasteiger partial charge is 0.343 e. The van der Waals surface area contributed by atoms with Gasteiger partial charge in [-0.1, -0.05) is 148 Å². The summed E-state index contributed by atoms with van der Waals surface area (Å²) in [6.07, 6.45) is 0. The summed E-state index contributed by atoms with van der Waals surface area (Å²) in [7, 11) is 0. The van der Waals surface area contributed by atoms with Crippen LogP contribution in [0.2, 0.25) is 0 Å². The number of nitrogens with one attached hydrogen (secondary N) is 1. The summed E-state index contributed by atoms with van der Waals surface area (Å²) >= 11 is 0. The molecule has 12 heteroatoms. The molecule has 0 radical (unpaired) electrons. The molecule has 9 rings (SSSR count). The van der Waals surface area contributed by atoms with Gasteiger partial charge in [0.1, 0.15) is 28.7 Å². The Bertz CT molecular complexity index is 3450. The van der Waals surface area contributed by atoms with Crippen molar-refractivity contribution in [2.24, 2.45) is 0 Å². The Morgan fingerprint density at radius 2 is 0.734 bits per heavy atom. The molecule has 0 saturated heterocycles. The number of aromatic hydroxyl groups is 2. The van der Waals surface area contributed by atoms with Gasteiger partial charge in [0.25, 0.3) is 5.91 Å². The molecule has 1 amide bonds. The molecular weight excluding hydrogens is 995 g/mol. The molecule has 3 N–H and O–H groups in total. The van der Waals surface area contributed by atoms with E-state index in [1.165, 1.54) is 73.2 Å². The summed E-state index contributed by atoms with van der Waals surface area (Å²) < 4.78 is 15.9. The number of hydrogen-bond donors (Lipinski definition) is 3. The Kier molecular flexibility index (Phi) is 32.3. The van der Waals surface area contributed by atoms with Crippen molar-refractivity contribution in [2.45, 2.75) is 95.5 Å². The van der Waals surface area contributed by atoms with E-state index in [0.29, 0.717) is 22.6 Å². The van der Waals surface area contributed by atoms with Gasteiger partial charge in [0, 0.05) is 29.3 Å². The Morgan fingerprint density at radius 1 is 0.354 bits per heavy atom. The first-order valence-corrected chi connectivity index (χ1v) is 21.0. The minimum Gasteiger partial charge on any atom is -0.508 e. The maximum atomic E-state index is 12.8. The molecule has 0 heterocycles. The van der Waals surface area contributed by atoms with Crippen molar-refractivity contribution in [3.05, 3.63) is 215 Å². The van der Waals surface area contributed by atoms with Gasteiger partial charge in [-0.2, -0.15) is 0 Å². The third-order valence-corrected chi connectivity index (χ3v) is 10.6. The highest BCUT2D eigenvalue weighted by Crippen LogP contribution is 2.26. The van der Waals surface area contributed by atoms with Crippen LogP contribution in [0, 0.1) is 6.92 Å². The molecule has 0 aliphatic carbocycles. The van der Waals surface area contributed by atoms with Crippen molar-refractivity contribution < 1.29 is 53.2 Å². The van der Waals surface area contributed by atoms with Crippen molar-refractivity contribution >= 4 is 73.4 Å². The normalized spacial score (nSPS) is 9.19. The van der Waals surface area contributed by atoms with Crippen molar-refractivity contribution in [1.29, 1.82) is 0 Å². The van der Waals surface area contributed by atoms with E-state index in [0.717, 1.165) is 32.3 Å². The zero-order chi connectivity index (χ0) is 47.9. The maximum absolute atomic E-state index is 12.8. The molecule has 422 valence electrons. The second kappa shape index (κ2) is 33.6. The van der Waals surface area contributed by atoms with Gasteiger partial charge in [-0.25, -0.2) is 9.59 Å². The summed E-state index contributed by atoms with van der Waals surface area (Å²) in [5.41, 5.74) is 2.74. The highest BCUT2D eigenvalue weighted by Gasteiger charge is 2.21. The first-order valence-electron chi connectivity index (χ1n) is 21.0. The molecule has 0 fully saturated rings. The number of rotatable bonds is 10. The fourth-order valence-corrected chi connectivity index (χ4v) is 7.17. The first-order chi connectivity index (χ1) is 32.7. The van der Waals surface area contributed by atoms with Crippen LogP contribution < -0.4 is 19.5 Å². The number of carbonyl (C=O) groups excluding carboxylic acids is 6. The molecular formula is C67H83NO11. The Morgan fingerprint density at radius 3 is 1.30 bits per heavy atom. The fourth-order valence-electron chi connectivity index (χ4n) is 7.17. The van der Waals surface area contributed by atoms with Gasteiger partial charge >= 0.3 is 17.9 Å². The number of aryl methyl sites for hydroxylation is 1. The summed E-state index contributed by atoms with van der Waals surface area (Å²) in [5.74, 6) is -2.30. The number of carbonyl (C=O) groups is 6. The minimum absolute atomic E-state index is 0. The van der Waals surface area contributed by atoms with Gasteiger partial charge in [-0.3, -0.25) is 19.2 Å². The van der Waals surface area contributed by atoms with Crippen molar-refractivity contribution in [2.75, 3.05) is 5.32 Å². The van der Waals surface area contributed by atoms with Gasteiger partial charge in [0.2, 0.25) is 11.6 Å². The molecule has 79 heavy (non-hydrogen) atoms. The zero-order valence-electron chi connectivity index (χ0n) is 36.4. The fraction of sp³-hybridized carbons (Fsp3) is 0.194. The Hall–Kier alpha value is -9.42. The predicted octanol–water partition coefficient (Wildman–Crippen LogP) is 18.2. The van der Waals surface area contributed by atoms with Crippen LogP contribution in [0.1, 0.15) is 146 Å². The standard InChI is InChI=1S/C34H23NO8.C22H16O3.11CH4/c1-20(36)42-29-13-8-21(9-14-29)31(38)32(39)24-3-2-4-26(18-24)34(41)43-30-15-10-27(11-16-30)35-33(40)25-6-5-23-19-28(37)12-7-22(23)17-25;1-14-2-3-18-13-21(9-7-15(18)10-14)25-22(24)19-5-4-17-12-20(23)8-6-16(17)11-19;;;;;;;;;;;/h2-19,37H,1H3,(H,35,40);2-13,23H,1H3;11*1H4. The molecule has 0 aromatic heterocycles. The van der Waals surface area contributed by atoms with E-state index in [2.05, 4.69) is 11.4 Å². The minimum atomic E-state index is -0.820.